The fourth-order valence-corrected chi connectivity index (χ4v) is 6.12. The molecule has 14 nitrogen and oxygen atoms in total. The monoisotopic (exact) mass is 761 g/mol. The first-order valence-electron chi connectivity index (χ1n) is 19.1. The Bertz CT molecular complexity index is 1160. The van der Waals surface area contributed by atoms with E-state index in [-0.39, 0.29) is 37.5 Å². The number of ether oxygens (including phenoxy) is 3. The largest absolute Gasteiger partial charge is 0.472 e. The van der Waals surface area contributed by atoms with Crippen molar-refractivity contribution in [3.05, 3.63) is 34.4 Å². The molecule has 0 bridgehead atoms. The molecule has 0 saturated carbocycles. The predicted molar refractivity (Wildman–Crippen MR) is 199 cm³/mol. The van der Waals surface area contributed by atoms with Crippen LogP contribution in [0.25, 0.3) is 0 Å². The molecule has 300 valence electrons. The maximum atomic E-state index is 13.0. The van der Waals surface area contributed by atoms with E-state index in [1.165, 1.54) is 101 Å². The number of non-ortho nitro benzene ring substituents is 1. The Hall–Kier alpha value is -2.45. The van der Waals surface area contributed by atoms with Crippen molar-refractivity contribution in [3.8, 4) is 5.75 Å². The zero-order valence-corrected chi connectivity index (χ0v) is 32.9. The van der Waals surface area contributed by atoms with Crippen LogP contribution in [0.4, 0.5) is 5.69 Å². The number of likely N-dealkylation sites (N-methyl/N-ethyl adjacent to an activating group) is 1. The zero-order valence-electron chi connectivity index (χ0n) is 32.0. The number of carbonyl (C=O) groups excluding carboxylic acids is 2. The third-order valence-electron chi connectivity index (χ3n) is 8.38. The molecule has 0 aliphatic carbocycles. The van der Waals surface area contributed by atoms with E-state index in [0.29, 0.717) is 17.4 Å². The second-order valence-electron chi connectivity index (χ2n) is 14.3. The minimum atomic E-state index is -4.55. The second-order valence-corrected chi connectivity index (χ2v) is 15.7. The molecule has 0 fully saturated rings. The molecular weight excluding hydrogens is 695 g/mol. The summed E-state index contributed by atoms with van der Waals surface area (Å²) in [5.41, 5.74) is -0.160. The van der Waals surface area contributed by atoms with Gasteiger partial charge >= 0.3 is 19.8 Å². The number of esters is 2. The van der Waals surface area contributed by atoms with Gasteiger partial charge in [0, 0.05) is 18.6 Å². The highest BCUT2D eigenvalue weighted by Gasteiger charge is 2.30. The van der Waals surface area contributed by atoms with Crippen molar-refractivity contribution in [2.24, 2.45) is 0 Å². The van der Waals surface area contributed by atoms with Gasteiger partial charge in [-0.15, -0.1) is 0 Å². The number of benzene rings is 1. The average molecular weight is 762 g/mol. The third kappa shape index (κ3) is 25.5. The van der Waals surface area contributed by atoms with Crippen LogP contribution in [0.1, 0.15) is 122 Å². The van der Waals surface area contributed by atoms with Crippen molar-refractivity contribution < 1.29 is 56.8 Å². The van der Waals surface area contributed by atoms with Crippen LogP contribution in [0.2, 0.25) is 0 Å². The van der Waals surface area contributed by atoms with Crippen LogP contribution in [0.15, 0.2) is 24.3 Å². The first-order valence-corrected chi connectivity index (χ1v) is 20.6. The number of phosphoric acid groups is 1. The van der Waals surface area contributed by atoms with Crippen LogP contribution in [-0.4, -0.2) is 97.7 Å². The molecule has 15 heteroatoms. The first kappa shape index (κ1) is 47.6. The molecule has 1 aromatic rings. The molecule has 2 N–H and O–H groups in total. The molecule has 52 heavy (non-hydrogen) atoms. The van der Waals surface area contributed by atoms with Gasteiger partial charge in [-0.2, -0.15) is 0 Å². The zero-order chi connectivity index (χ0) is 38.7. The van der Waals surface area contributed by atoms with E-state index in [4.69, 9.17) is 23.3 Å². The number of aliphatic hydroxyl groups excluding tert-OH is 1. The highest BCUT2D eigenvalue weighted by atomic mass is 31.2. The maximum Gasteiger partial charge on any atom is 0.472 e. The Morgan fingerprint density at radius 1 is 0.846 bits per heavy atom. The number of aliphatic hydroxyl groups is 1. The summed E-state index contributed by atoms with van der Waals surface area (Å²) >= 11 is 0. The molecule has 0 aromatic heterocycles. The number of rotatable bonds is 33. The van der Waals surface area contributed by atoms with Gasteiger partial charge in [0.15, 0.2) is 6.10 Å². The minimum absolute atomic E-state index is 0.0680. The fourth-order valence-electron chi connectivity index (χ4n) is 5.24. The Kier molecular flexibility index (Phi) is 25.7. The molecule has 2 unspecified atom stereocenters. The second kappa shape index (κ2) is 28.1. The summed E-state index contributed by atoms with van der Waals surface area (Å²) in [7, 11) is 1.12. The quantitative estimate of drug-likeness (QED) is 0.0136. The Labute approximate surface area is 310 Å². The van der Waals surface area contributed by atoms with Crippen LogP contribution in [0.5, 0.6) is 5.75 Å². The van der Waals surface area contributed by atoms with Crippen molar-refractivity contribution >= 4 is 25.4 Å². The molecule has 0 radical (unpaired) electrons. The lowest BCUT2D eigenvalue weighted by Gasteiger charge is -2.25. The van der Waals surface area contributed by atoms with Gasteiger partial charge in [0.05, 0.1) is 45.9 Å². The number of hydrogen-bond donors (Lipinski definition) is 2. The lowest BCUT2D eigenvalue weighted by atomic mass is 10.0. The maximum absolute atomic E-state index is 13.0. The lowest BCUT2D eigenvalue weighted by molar-refractivity contribution is -0.870. The number of nitrogens with zero attached hydrogens (tertiary/aromatic N) is 2. The van der Waals surface area contributed by atoms with Gasteiger partial charge in [-0.05, 0) is 25.0 Å². The van der Waals surface area contributed by atoms with E-state index in [1.807, 2.05) is 21.1 Å². The Morgan fingerprint density at radius 2 is 1.37 bits per heavy atom. The first-order chi connectivity index (χ1) is 24.8. The predicted octanol–water partition coefficient (Wildman–Crippen LogP) is 7.67. The van der Waals surface area contributed by atoms with Crippen molar-refractivity contribution in [3.63, 3.8) is 0 Å². The van der Waals surface area contributed by atoms with Gasteiger partial charge in [0.1, 0.15) is 25.0 Å². The van der Waals surface area contributed by atoms with E-state index in [1.54, 1.807) is 0 Å². The van der Waals surface area contributed by atoms with Gasteiger partial charge in [0.25, 0.3) is 5.69 Å². The summed E-state index contributed by atoms with van der Waals surface area (Å²) in [5.74, 6) is -1.35. The van der Waals surface area contributed by atoms with E-state index >= 15 is 0 Å². The van der Waals surface area contributed by atoms with E-state index in [2.05, 4.69) is 6.92 Å². The number of phosphoric ester groups is 1. The molecule has 0 amide bonds. The normalized spacial score (nSPS) is 14.0. The summed E-state index contributed by atoms with van der Waals surface area (Å²) < 4.78 is 39.3. The molecule has 3 atom stereocenters. The van der Waals surface area contributed by atoms with Crippen molar-refractivity contribution in [2.75, 3.05) is 54.1 Å². The average Bonchev–Trinajstić information content (AvgIpc) is 3.08. The Balaban J connectivity index is 2.50. The summed E-state index contributed by atoms with van der Waals surface area (Å²) in [5, 5.41) is 20.6. The molecule has 1 rings (SSSR count). The molecule has 0 aliphatic rings. The fraction of sp³-hybridized carbons (Fsp3) is 0.784. The van der Waals surface area contributed by atoms with E-state index < -0.39 is 50.1 Å². The Morgan fingerprint density at radius 3 is 1.85 bits per heavy atom. The van der Waals surface area contributed by atoms with Gasteiger partial charge in [-0.25, -0.2) is 9.36 Å². The summed E-state index contributed by atoms with van der Waals surface area (Å²) in [6, 6.07) is 4.97. The molecular formula is C37H66N2O12P+. The smallest absolute Gasteiger partial charge is 0.464 e. The van der Waals surface area contributed by atoms with Gasteiger partial charge in [-0.1, -0.05) is 103 Å². The summed E-state index contributed by atoms with van der Waals surface area (Å²) in [4.78, 5) is 45.9. The number of nitro groups is 1. The lowest BCUT2D eigenvalue weighted by Crippen LogP contribution is -2.37. The minimum Gasteiger partial charge on any atom is -0.464 e. The van der Waals surface area contributed by atoms with Crippen LogP contribution in [0, 0.1) is 10.1 Å². The van der Waals surface area contributed by atoms with E-state index in [9.17, 15) is 34.3 Å². The topological polar surface area (TPSA) is 181 Å². The van der Waals surface area contributed by atoms with Crippen molar-refractivity contribution in [2.45, 2.75) is 135 Å². The van der Waals surface area contributed by atoms with Crippen molar-refractivity contribution in [1.29, 1.82) is 0 Å². The molecule has 0 heterocycles. The van der Waals surface area contributed by atoms with Crippen LogP contribution in [0.3, 0.4) is 0 Å². The van der Waals surface area contributed by atoms with Gasteiger partial charge in [0.2, 0.25) is 0 Å². The highest BCUT2D eigenvalue weighted by Crippen LogP contribution is 2.44. The summed E-state index contributed by atoms with van der Waals surface area (Å²) in [6.07, 6.45) is 16.5. The third-order valence-corrected chi connectivity index (χ3v) is 9.45. The number of carbonyl (C=O) groups is 2. The van der Waals surface area contributed by atoms with Gasteiger partial charge < -0.3 is 28.7 Å². The number of unbranched alkanes of at least 4 members (excludes halogenated alkanes) is 15. The molecule has 1 aromatic carbocycles. The van der Waals surface area contributed by atoms with E-state index in [0.717, 1.165) is 19.3 Å². The van der Waals surface area contributed by atoms with Crippen LogP contribution in [-0.2, 0) is 32.7 Å². The van der Waals surface area contributed by atoms with Crippen molar-refractivity contribution in [1.82, 2.24) is 0 Å². The highest BCUT2D eigenvalue weighted by molar-refractivity contribution is 7.47. The van der Waals surface area contributed by atoms with Crippen LogP contribution >= 0.6 is 7.82 Å². The standard InChI is InChI=1S/C37H65N2O12P/c1-5-6-7-8-9-10-11-12-13-14-15-16-17-18-19-20-28-47-37(42)35(25-26-36(41)50-33-23-21-32(22-24-33)38(43)44)48-31-34(30-40)51-52(45,46)49-29-27-39(2,3)4/h21-24,34-35,40H,5-20,25-31H2,1-4H3/p+1/t34-,35?/m0/s1. The molecule has 0 aliphatic heterocycles. The molecule has 0 spiro atoms. The van der Waals surface area contributed by atoms with Gasteiger partial charge in [-0.3, -0.25) is 24.0 Å². The molecule has 0 saturated heterocycles. The SMILES string of the molecule is CCCCCCCCCCCCCCCCCCOC(=O)C(CCC(=O)Oc1ccc([N+](=O)[O-])cc1)OC[C@H](CO)OP(=O)(O)OCC[N+](C)(C)C. The van der Waals surface area contributed by atoms with Crippen LogP contribution < -0.4 is 4.74 Å². The number of quaternary nitrogens is 1. The number of nitro benzene ring substituents is 1. The number of hydrogen-bond acceptors (Lipinski definition) is 11. The summed E-state index contributed by atoms with van der Waals surface area (Å²) in [6.45, 7) is 1.60.